The van der Waals surface area contributed by atoms with Gasteiger partial charge in [-0.1, -0.05) is 0 Å². The number of allylic oxidation sites excluding steroid dienone is 2. The molecule has 1 N–H and O–H groups in total. The Morgan fingerprint density at radius 2 is 2.27 bits per heavy atom. The van der Waals surface area contributed by atoms with Crippen molar-refractivity contribution in [2.45, 2.75) is 12.5 Å². The molecule has 1 unspecified atom stereocenters. The zero-order valence-electron chi connectivity index (χ0n) is 6.04. The van der Waals surface area contributed by atoms with Gasteiger partial charge in [0.05, 0.1) is 0 Å². The molecule has 2 nitrogen and oxygen atoms in total. The lowest BCUT2D eigenvalue weighted by Crippen LogP contribution is -2.36. The van der Waals surface area contributed by atoms with Crippen LogP contribution in [0.4, 0.5) is 8.78 Å². The molecule has 1 aliphatic heterocycles. The second-order valence-corrected chi connectivity index (χ2v) is 2.38. The first-order chi connectivity index (χ1) is 5.13. The van der Waals surface area contributed by atoms with E-state index in [-0.39, 0.29) is 5.76 Å². The van der Waals surface area contributed by atoms with Crippen LogP contribution >= 0.6 is 0 Å². The van der Waals surface area contributed by atoms with Gasteiger partial charge in [-0.05, 0) is 18.4 Å². The number of hydrogen-bond donors (Lipinski definition) is 1. The summed E-state index contributed by atoms with van der Waals surface area (Å²) in [6.45, 7) is 0. The summed E-state index contributed by atoms with van der Waals surface area (Å²) >= 11 is 0. The van der Waals surface area contributed by atoms with E-state index in [9.17, 15) is 8.78 Å². The topological polar surface area (TPSA) is 23.5 Å². The average molecular weight is 161 g/mol. The summed E-state index contributed by atoms with van der Waals surface area (Å²) in [5.74, 6) is -0.287. The molecule has 0 saturated heterocycles. The molecule has 1 heterocycles. The van der Waals surface area contributed by atoms with Crippen LogP contribution in [0.5, 0.6) is 0 Å². The first-order valence-corrected chi connectivity index (χ1v) is 3.20. The normalized spacial score (nSPS) is 24.2. The molecule has 0 aromatic rings. The summed E-state index contributed by atoms with van der Waals surface area (Å²) in [5, 5.41) is 9.00. The minimum absolute atomic E-state index is 0.287. The maximum absolute atomic E-state index is 12.1. The van der Waals surface area contributed by atoms with E-state index in [1.54, 1.807) is 0 Å². The minimum atomic E-state index is -2.55. The van der Waals surface area contributed by atoms with Gasteiger partial charge in [0.25, 0.3) is 6.43 Å². The molecule has 0 spiro atoms. The molecule has 0 saturated carbocycles. The lowest BCUT2D eigenvalue weighted by molar-refractivity contribution is 0.0530. The minimum Gasteiger partial charge on any atom is -0.510 e. The molecule has 0 aliphatic carbocycles. The van der Waals surface area contributed by atoms with Gasteiger partial charge < -0.3 is 10.0 Å². The van der Waals surface area contributed by atoms with E-state index < -0.39 is 12.5 Å². The van der Waals surface area contributed by atoms with Crippen LogP contribution in [0.3, 0.4) is 0 Å². The van der Waals surface area contributed by atoms with E-state index in [1.807, 2.05) is 0 Å². The van der Waals surface area contributed by atoms with Crippen molar-refractivity contribution in [3.05, 3.63) is 24.1 Å². The summed E-state index contributed by atoms with van der Waals surface area (Å²) < 4.78 is 24.3. The van der Waals surface area contributed by atoms with Crippen LogP contribution in [0, 0.1) is 0 Å². The van der Waals surface area contributed by atoms with E-state index in [2.05, 4.69) is 0 Å². The van der Waals surface area contributed by atoms with Crippen molar-refractivity contribution in [2.24, 2.45) is 0 Å². The highest BCUT2D eigenvalue weighted by molar-refractivity contribution is 5.18. The Kier molecular flexibility index (Phi) is 2.12. The van der Waals surface area contributed by atoms with E-state index in [0.29, 0.717) is 0 Å². The summed E-state index contributed by atoms with van der Waals surface area (Å²) in [6.07, 6.45) is 1.74. The van der Waals surface area contributed by atoms with E-state index in [1.165, 1.54) is 30.3 Å². The molecule has 0 aromatic carbocycles. The third kappa shape index (κ3) is 1.50. The molecule has 4 heteroatoms. The number of nitrogens with zero attached hydrogens (tertiary/aromatic N) is 1. The second-order valence-electron chi connectivity index (χ2n) is 2.38. The number of hydrogen-bond acceptors (Lipinski definition) is 2. The SMILES string of the molecule is CN1C=CC=C(O)C1C(F)F. The molecule has 11 heavy (non-hydrogen) atoms. The molecule has 0 radical (unpaired) electrons. The maximum Gasteiger partial charge on any atom is 0.265 e. The zero-order chi connectivity index (χ0) is 8.43. The Hall–Kier alpha value is -1.06. The predicted octanol–water partition coefficient (Wildman–Crippen LogP) is 1.52. The number of aliphatic hydroxyl groups is 1. The summed E-state index contributed by atoms with van der Waals surface area (Å²) in [7, 11) is 1.50. The number of alkyl halides is 2. The molecule has 1 aliphatic rings. The van der Waals surface area contributed by atoms with Crippen LogP contribution in [0.2, 0.25) is 0 Å². The standard InChI is InChI=1S/C7H9F2NO/c1-10-4-2-3-5(11)6(10)7(8)9/h2-4,6-7,11H,1H3. The third-order valence-electron chi connectivity index (χ3n) is 1.57. The van der Waals surface area contributed by atoms with Crippen LogP contribution in [0.15, 0.2) is 24.1 Å². The van der Waals surface area contributed by atoms with Crippen LogP contribution in [-0.2, 0) is 0 Å². The average Bonchev–Trinajstić information content (AvgIpc) is 1.85. The van der Waals surface area contributed by atoms with Crippen LogP contribution in [0.25, 0.3) is 0 Å². The highest BCUT2D eigenvalue weighted by Crippen LogP contribution is 2.18. The van der Waals surface area contributed by atoms with E-state index >= 15 is 0 Å². The van der Waals surface area contributed by atoms with Gasteiger partial charge in [0.15, 0.2) is 0 Å². The van der Waals surface area contributed by atoms with Gasteiger partial charge >= 0.3 is 0 Å². The second kappa shape index (κ2) is 2.90. The lowest BCUT2D eigenvalue weighted by atomic mass is 10.2. The molecule has 62 valence electrons. The highest BCUT2D eigenvalue weighted by Gasteiger charge is 2.28. The van der Waals surface area contributed by atoms with Gasteiger partial charge in [-0.15, -0.1) is 0 Å². The van der Waals surface area contributed by atoms with Gasteiger partial charge in [-0.3, -0.25) is 0 Å². The van der Waals surface area contributed by atoms with Crippen molar-refractivity contribution >= 4 is 0 Å². The van der Waals surface area contributed by atoms with Gasteiger partial charge in [-0.2, -0.15) is 0 Å². The van der Waals surface area contributed by atoms with E-state index in [0.717, 1.165) is 0 Å². The fourth-order valence-corrected chi connectivity index (χ4v) is 0.984. The Balaban J connectivity index is 2.78. The van der Waals surface area contributed by atoms with Gasteiger partial charge in [-0.25, -0.2) is 8.78 Å². The fourth-order valence-electron chi connectivity index (χ4n) is 0.984. The van der Waals surface area contributed by atoms with Crippen molar-refractivity contribution in [3.63, 3.8) is 0 Å². The number of likely N-dealkylation sites (N-methyl/N-ethyl adjacent to an activating group) is 1. The molecular formula is C7H9F2NO. The molecule has 0 fully saturated rings. The molecule has 0 amide bonds. The Labute approximate surface area is 63.4 Å². The van der Waals surface area contributed by atoms with Crippen LogP contribution in [0.1, 0.15) is 0 Å². The predicted molar refractivity (Wildman–Crippen MR) is 37.4 cm³/mol. The molecular weight excluding hydrogens is 152 g/mol. The monoisotopic (exact) mass is 161 g/mol. The van der Waals surface area contributed by atoms with Gasteiger partial charge in [0, 0.05) is 7.05 Å². The van der Waals surface area contributed by atoms with Crippen LogP contribution in [-0.4, -0.2) is 29.5 Å². The van der Waals surface area contributed by atoms with Crippen molar-refractivity contribution in [2.75, 3.05) is 7.05 Å². The van der Waals surface area contributed by atoms with Gasteiger partial charge in [0.2, 0.25) is 0 Å². The molecule has 0 bridgehead atoms. The van der Waals surface area contributed by atoms with Crippen molar-refractivity contribution in [3.8, 4) is 0 Å². The quantitative estimate of drug-likeness (QED) is 0.630. The molecule has 0 aromatic heterocycles. The van der Waals surface area contributed by atoms with Crippen LogP contribution < -0.4 is 0 Å². The Morgan fingerprint density at radius 3 is 2.64 bits per heavy atom. The third-order valence-corrected chi connectivity index (χ3v) is 1.57. The Morgan fingerprint density at radius 1 is 1.64 bits per heavy atom. The highest BCUT2D eigenvalue weighted by atomic mass is 19.3. The Bertz CT molecular complexity index is 201. The number of rotatable bonds is 1. The summed E-state index contributed by atoms with van der Waals surface area (Å²) in [4.78, 5) is 1.28. The lowest BCUT2D eigenvalue weighted by Gasteiger charge is -2.27. The maximum atomic E-state index is 12.1. The smallest absolute Gasteiger partial charge is 0.265 e. The van der Waals surface area contributed by atoms with Crippen molar-refractivity contribution < 1.29 is 13.9 Å². The summed E-state index contributed by atoms with van der Waals surface area (Å²) in [6, 6.07) is -1.18. The van der Waals surface area contributed by atoms with Crippen molar-refractivity contribution in [1.29, 1.82) is 0 Å². The first-order valence-electron chi connectivity index (χ1n) is 3.20. The summed E-state index contributed by atoms with van der Waals surface area (Å²) in [5.41, 5.74) is 0. The van der Waals surface area contributed by atoms with E-state index in [4.69, 9.17) is 5.11 Å². The molecule has 1 rings (SSSR count). The molecule has 1 atom stereocenters. The first kappa shape index (κ1) is 8.04. The largest absolute Gasteiger partial charge is 0.510 e. The zero-order valence-corrected chi connectivity index (χ0v) is 6.04. The number of aliphatic hydroxyl groups excluding tert-OH is 1. The fraction of sp³-hybridized carbons (Fsp3) is 0.429. The van der Waals surface area contributed by atoms with Gasteiger partial charge in [0.1, 0.15) is 11.8 Å². The number of halogens is 2. The van der Waals surface area contributed by atoms with Crippen molar-refractivity contribution in [1.82, 2.24) is 4.90 Å².